The lowest BCUT2D eigenvalue weighted by Gasteiger charge is -2.31. The summed E-state index contributed by atoms with van der Waals surface area (Å²) in [4.78, 5) is 26.5. The van der Waals surface area contributed by atoms with E-state index in [0.29, 0.717) is 28.9 Å². The highest BCUT2D eigenvalue weighted by Crippen LogP contribution is 2.27. The van der Waals surface area contributed by atoms with E-state index in [2.05, 4.69) is 27.3 Å². The fraction of sp³-hybridized carbons (Fsp3) is 0.391. The molecule has 0 spiro atoms. The SMILES string of the molecule is COC(=O)c1cccc(NC(=O)CSc2nnc(N3CCC(C)CC3)n2Cc2ccco2)c1. The zero-order chi connectivity index (χ0) is 23.2. The third-order valence-corrected chi connectivity index (χ3v) is 6.52. The van der Waals surface area contributed by atoms with Gasteiger partial charge in [0.1, 0.15) is 5.76 Å². The number of nitrogens with zero attached hydrogens (tertiary/aromatic N) is 4. The monoisotopic (exact) mass is 469 g/mol. The van der Waals surface area contributed by atoms with Gasteiger partial charge in [-0.05, 0) is 49.1 Å². The number of piperidine rings is 1. The van der Waals surface area contributed by atoms with Gasteiger partial charge in [0.25, 0.3) is 0 Å². The molecule has 1 fully saturated rings. The number of furan rings is 1. The summed E-state index contributed by atoms with van der Waals surface area (Å²) in [5.74, 6) is 1.79. The van der Waals surface area contributed by atoms with Crippen molar-refractivity contribution in [3.05, 3.63) is 54.0 Å². The summed E-state index contributed by atoms with van der Waals surface area (Å²) in [5, 5.41) is 12.3. The molecule has 4 rings (SSSR count). The van der Waals surface area contributed by atoms with Gasteiger partial charge in [0.2, 0.25) is 11.9 Å². The van der Waals surface area contributed by atoms with Gasteiger partial charge < -0.3 is 19.4 Å². The summed E-state index contributed by atoms with van der Waals surface area (Å²) in [6.45, 7) is 4.62. The highest BCUT2D eigenvalue weighted by Gasteiger charge is 2.23. The molecule has 0 bridgehead atoms. The predicted molar refractivity (Wildman–Crippen MR) is 126 cm³/mol. The first-order valence-electron chi connectivity index (χ1n) is 10.8. The smallest absolute Gasteiger partial charge is 0.337 e. The van der Waals surface area contributed by atoms with E-state index in [0.717, 1.165) is 37.6 Å². The molecule has 3 aromatic rings. The number of hydrogen-bond donors (Lipinski definition) is 1. The van der Waals surface area contributed by atoms with Gasteiger partial charge in [0, 0.05) is 18.8 Å². The summed E-state index contributed by atoms with van der Waals surface area (Å²) in [5.41, 5.74) is 0.908. The number of hydrogen-bond acceptors (Lipinski definition) is 8. The van der Waals surface area contributed by atoms with E-state index in [4.69, 9.17) is 9.15 Å². The minimum absolute atomic E-state index is 0.149. The number of anilines is 2. The van der Waals surface area contributed by atoms with Crippen molar-refractivity contribution < 1.29 is 18.7 Å². The Morgan fingerprint density at radius 3 is 2.76 bits per heavy atom. The van der Waals surface area contributed by atoms with Crippen LogP contribution < -0.4 is 10.2 Å². The lowest BCUT2D eigenvalue weighted by molar-refractivity contribution is -0.113. The first-order chi connectivity index (χ1) is 16.0. The van der Waals surface area contributed by atoms with Crippen LogP contribution >= 0.6 is 11.8 Å². The molecule has 1 amide bonds. The molecule has 2 aromatic heterocycles. The van der Waals surface area contributed by atoms with Gasteiger partial charge >= 0.3 is 5.97 Å². The van der Waals surface area contributed by atoms with Crippen LogP contribution in [0.3, 0.4) is 0 Å². The standard InChI is InChI=1S/C23H27N5O4S/c1-16-8-10-27(11-9-16)22-25-26-23(28(22)14-19-7-4-12-32-19)33-15-20(29)24-18-6-3-5-17(13-18)21(30)31-2/h3-7,12-13,16H,8-11,14-15H2,1-2H3,(H,24,29). The lowest BCUT2D eigenvalue weighted by atomic mass is 10.00. The molecule has 1 saturated heterocycles. The van der Waals surface area contributed by atoms with Crippen LogP contribution in [0, 0.1) is 5.92 Å². The van der Waals surface area contributed by atoms with E-state index in [9.17, 15) is 9.59 Å². The number of carbonyl (C=O) groups excluding carboxylic acids is 2. The molecule has 1 aliphatic rings. The largest absolute Gasteiger partial charge is 0.467 e. The Hall–Kier alpha value is -3.27. The summed E-state index contributed by atoms with van der Waals surface area (Å²) in [7, 11) is 1.32. The van der Waals surface area contributed by atoms with E-state index >= 15 is 0 Å². The number of rotatable bonds is 8. The average Bonchev–Trinajstić information content (AvgIpc) is 3.48. The zero-order valence-corrected chi connectivity index (χ0v) is 19.5. The first-order valence-corrected chi connectivity index (χ1v) is 11.8. The Morgan fingerprint density at radius 2 is 2.03 bits per heavy atom. The van der Waals surface area contributed by atoms with E-state index < -0.39 is 5.97 Å². The minimum Gasteiger partial charge on any atom is -0.467 e. The van der Waals surface area contributed by atoms with E-state index in [-0.39, 0.29) is 11.7 Å². The molecule has 0 aliphatic carbocycles. The Labute approximate surface area is 196 Å². The van der Waals surface area contributed by atoms with Crippen molar-refractivity contribution in [3.63, 3.8) is 0 Å². The van der Waals surface area contributed by atoms with Crippen molar-refractivity contribution in [2.24, 2.45) is 5.92 Å². The predicted octanol–water partition coefficient (Wildman–Crippen LogP) is 3.67. The number of benzene rings is 1. The molecule has 0 atom stereocenters. The molecule has 9 nitrogen and oxygen atoms in total. The Kier molecular flexibility index (Phi) is 7.33. The van der Waals surface area contributed by atoms with Crippen LogP contribution in [0.15, 0.2) is 52.2 Å². The van der Waals surface area contributed by atoms with Crippen LogP contribution in [-0.2, 0) is 16.1 Å². The molecular weight excluding hydrogens is 442 g/mol. The van der Waals surface area contributed by atoms with Crippen LogP contribution in [0.5, 0.6) is 0 Å². The summed E-state index contributed by atoms with van der Waals surface area (Å²) >= 11 is 1.31. The maximum atomic E-state index is 12.6. The average molecular weight is 470 g/mol. The van der Waals surface area contributed by atoms with Crippen LogP contribution in [0.4, 0.5) is 11.6 Å². The highest BCUT2D eigenvalue weighted by atomic mass is 32.2. The normalized spacial score (nSPS) is 14.3. The molecule has 1 N–H and O–H groups in total. The molecule has 10 heteroatoms. The van der Waals surface area contributed by atoms with Crippen LogP contribution in [-0.4, -0.2) is 52.6 Å². The second-order valence-corrected chi connectivity index (χ2v) is 8.97. The number of nitrogens with one attached hydrogen (secondary N) is 1. The second-order valence-electron chi connectivity index (χ2n) is 8.03. The number of amides is 1. The molecule has 1 aromatic carbocycles. The van der Waals surface area contributed by atoms with Crippen molar-refractivity contribution in [2.75, 3.05) is 36.2 Å². The van der Waals surface area contributed by atoms with Crippen molar-refractivity contribution >= 4 is 35.3 Å². The van der Waals surface area contributed by atoms with Gasteiger partial charge in [-0.25, -0.2) is 4.79 Å². The lowest BCUT2D eigenvalue weighted by Crippen LogP contribution is -2.35. The highest BCUT2D eigenvalue weighted by molar-refractivity contribution is 7.99. The summed E-state index contributed by atoms with van der Waals surface area (Å²) < 4.78 is 12.3. The minimum atomic E-state index is -0.453. The van der Waals surface area contributed by atoms with E-state index in [1.165, 1.54) is 18.9 Å². The van der Waals surface area contributed by atoms with E-state index in [1.807, 2.05) is 16.7 Å². The van der Waals surface area contributed by atoms with E-state index in [1.54, 1.807) is 30.5 Å². The van der Waals surface area contributed by atoms with Gasteiger partial charge in [0.15, 0.2) is 5.16 Å². The maximum Gasteiger partial charge on any atom is 0.337 e. The topological polar surface area (TPSA) is 102 Å². The zero-order valence-electron chi connectivity index (χ0n) is 18.7. The van der Waals surface area contributed by atoms with Gasteiger partial charge in [-0.2, -0.15) is 0 Å². The first kappa shape index (κ1) is 22.9. The van der Waals surface area contributed by atoms with Gasteiger partial charge in [0.05, 0.1) is 31.2 Å². The quantitative estimate of drug-likeness (QED) is 0.394. The van der Waals surface area contributed by atoms with Gasteiger partial charge in [-0.3, -0.25) is 9.36 Å². The molecule has 0 unspecified atom stereocenters. The second kappa shape index (κ2) is 10.6. The molecule has 174 valence electrons. The number of esters is 1. The van der Waals surface area contributed by atoms with Crippen LogP contribution in [0.1, 0.15) is 35.9 Å². The molecular formula is C23H27N5O4S. The van der Waals surface area contributed by atoms with Gasteiger partial charge in [-0.1, -0.05) is 24.8 Å². The summed E-state index contributed by atoms with van der Waals surface area (Å²) in [6, 6.07) is 10.4. The maximum absolute atomic E-state index is 12.6. The Bertz CT molecular complexity index is 1090. The molecule has 33 heavy (non-hydrogen) atoms. The van der Waals surface area contributed by atoms with Crippen molar-refractivity contribution in [3.8, 4) is 0 Å². The third-order valence-electron chi connectivity index (χ3n) is 5.56. The molecule has 1 aliphatic heterocycles. The fourth-order valence-corrected chi connectivity index (χ4v) is 4.43. The van der Waals surface area contributed by atoms with Gasteiger partial charge in [-0.15, -0.1) is 10.2 Å². The number of aromatic nitrogens is 3. The molecule has 0 radical (unpaired) electrons. The van der Waals surface area contributed by atoms with Crippen molar-refractivity contribution in [2.45, 2.75) is 31.5 Å². The summed E-state index contributed by atoms with van der Waals surface area (Å²) in [6.07, 6.45) is 3.87. The van der Waals surface area contributed by atoms with Crippen LogP contribution in [0.2, 0.25) is 0 Å². The number of methoxy groups -OCH3 is 1. The molecule has 3 heterocycles. The number of ether oxygens (including phenoxy) is 1. The van der Waals surface area contributed by atoms with Crippen LogP contribution in [0.25, 0.3) is 0 Å². The third kappa shape index (κ3) is 5.75. The number of thioether (sulfide) groups is 1. The van der Waals surface area contributed by atoms with Crippen molar-refractivity contribution in [1.29, 1.82) is 0 Å². The number of carbonyl (C=O) groups is 2. The molecule has 0 saturated carbocycles. The Balaban J connectivity index is 1.45. The van der Waals surface area contributed by atoms with Crippen molar-refractivity contribution in [1.82, 2.24) is 14.8 Å². The Morgan fingerprint density at radius 1 is 1.21 bits per heavy atom. The fourth-order valence-electron chi connectivity index (χ4n) is 3.70.